The van der Waals surface area contributed by atoms with E-state index in [1.54, 1.807) is 0 Å². The van der Waals surface area contributed by atoms with Gasteiger partial charge in [0.2, 0.25) is 0 Å². The Morgan fingerprint density at radius 1 is 1.28 bits per heavy atom. The van der Waals surface area contributed by atoms with Crippen LogP contribution in [0.5, 0.6) is 0 Å². The van der Waals surface area contributed by atoms with Crippen LogP contribution >= 0.6 is 38.5 Å². The molecule has 2 N–H and O–H groups in total. The summed E-state index contributed by atoms with van der Waals surface area (Å²) in [6, 6.07) is 6.30. The van der Waals surface area contributed by atoms with Gasteiger partial charge in [-0.2, -0.15) is 0 Å². The molecule has 0 amide bonds. The largest absolute Gasteiger partial charge is 0.396 e. The molecular formula is C14H19BrINO. The molecule has 0 radical (unpaired) electrons. The number of hydrogen-bond donors (Lipinski definition) is 2. The van der Waals surface area contributed by atoms with Crippen LogP contribution in [-0.2, 0) is 0 Å². The summed E-state index contributed by atoms with van der Waals surface area (Å²) in [5.74, 6) is 0. The maximum atomic E-state index is 9.68. The normalized spacial score (nSPS) is 18.6. The standard InChI is InChI=1S/C14H19BrINO/c15-12-8-11(16)4-5-13(12)17-9-14(10-18)6-2-1-3-7-14/h4-5,8,17-18H,1-3,6-7,9-10H2. The van der Waals surface area contributed by atoms with E-state index in [-0.39, 0.29) is 5.41 Å². The van der Waals surface area contributed by atoms with Crippen LogP contribution in [0.1, 0.15) is 32.1 Å². The summed E-state index contributed by atoms with van der Waals surface area (Å²) in [6.45, 7) is 1.16. The van der Waals surface area contributed by atoms with Gasteiger partial charge in [0.05, 0.1) is 6.61 Å². The minimum atomic E-state index is 0.0840. The van der Waals surface area contributed by atoms with Gasteiger partial charge in [-0.15, -0.1) is 0 Å². The molecule has 1 fully saturated rings. The van der Waals surface area contributed by atoms with Gasteiger partial charge >= 0.3 is 0 Å². The van der Waals surface area contributed by atoms with Crippen LogP contribution in [0.4, 0.5) is 5.69 Å². The van der Waals surface area contributed by atoms with Crippen molar-refractivity contribution < 1.29 is 5.11 Å². The Balaban J connectivity index is 2.01. The predicted octanol–water partition coefficient (Wildman–Crippen LogP) is 4.41. The number of halogens is 2. The summed E-state index contributed by atoms with van der Waals surface area (Å²) in [5.41, 5.74) is 1.20. The highest BCUT2D eigenvalue weighted by molar-refractivity contribution is 14.1. The molecule has 4 heteroatoms. The van der Waals surface area contributed by atoms with Crippen molar-refractivity contribution >= 4 is 44.2 Å². The molecule has 0 aliphatic heterocycles. The Bertz CT molecular complexity index is 405. The van der Waals surface area contributed by atoms with Gasteiger partial charge in [0.1, 0.15) is 0 Å². The van der Waals surface area contributed by atoms with E-state index in [4.69, 9.17) is 0 Å². The fourth-order valence-corrected chi connectivity index (χ4v) is 4.05. The smallest absolute Gasteiger partial charge is 0.0504 e. The monoisotopic (exact) mass is 423 g/mol. The number of aliphatic hydroxyl groups is 1. The van der Waals surface area contributed by atoms with Gasteiger partial charge in [-0.1, -0.05) is 19.3 Å². The van der Waals surface area contributed by atoms with Gasteiger partial charge in [-0.05, 0) is 69.6 Å². The van der Waals surface area contributed by atoms with Crippen LogP contribution in [0.2, 0.25) is 0 Å². The summed E-state index contributed by atoms with van der Waals surface area (Å²) in [5, 5.41) is 13.2. The van der Waals surface area contributed by atoms with E-state index >= 15 is 0 Å². The van der Waals surface area contributed by atoms with Crippen molar-refractivity contribution in [2.45, 2.75) is 32.1 Å². The van der Waals surface area contributed by atoms with E-state index in [1.165, 1.54) is 22.8 Å². The molecule has 1 aliphatic carbocycles. The lowest BCUT2D eigenvalue weighted by atomic mass is 9.74. The highest BCUT2D eigenvalue weighted by atomic mass is 127. The summed E-state index contributed by atoms with van der Waals surface area (Å²) >= 11 is 5.89. The maximum absolute atomic E-state index is 9.68. The van der Waals surface area contributed by atoms with E-state index in [0.717, 1.165) is 29.5 Å². The molecular weight excluding hydrogens is 405 g/mol. The molecule has 1 saturated carbocycles. The third kappa shape index (κ3) is 3.61. The second-order valence-electron chi connectivity index (χ2n) is 5.20. The zero-order valence-electron chi connectivity index (χ0n) is 10.4. The van der Waals surface area contributed by atoms with Crippen LogP contribution in [0.15, 0.2) is 22.7 Å². The minimum absolute atomic E-state index is 0.0840. The average Bonchev–Trinajstić information content (AvgIpc) is 2.39. The highest BCUT2D eigenvalue weighted by Gasteiger charge is 2.31. The molecule has 1 aromatic carbocycles. The number of aliphatic hydroxyl groups excluding tert-OH is 1. The van der Waals surface area contributed by atoms with Crippen LogP contribution in [0, 0.1) is 8.99 Å². The molecule has 18 heavy (non-hydrogen) atoms. The van der Waals surface area contributed by atoms with Crippen molar-refractivity contribution in [2.75, 3.05) is 18.5 Å². The number of hydrogen-bond acceptors (Lipinski definition) is 2. The summed E-state index contributed by atoms with van der Waals surface area (Å²) in [7, 11) is 0. The lowest BCUT2D eigenvalue weighted by Gasteiger charge is -2.36. The Hall–Kier alpha value is 0.190. The third-order valence-corrected chi connectivity index (χ3v) is 5.16. The van der Waals surface area contributed by atoms with Gasteiger partial charge in [0.15, 0.2) is 0 Å². The van der Waals surface area contributed by atoms with Gasteiger partial charge in [0, 0.05) is 25.7 Å². The quantitative estimate of drug-likeness (QED) is 0.703. The topological polar surface area (TPSA) is 32.3 Å². The third-order valence-electron chi connectivity index (χ3n) is 3.83. The van der Waals surface area contributed by atoms with Crippen molar-refractivity contribution in [3.8, 4) is 0 Å². The van der Waals surface area contributed by atoms with E-state index in [2.05, 4.69) is 62.0 Å². The molecule has 1 aromatic rings. The molecule has 0 spiro atoms. The number of benzene rings is 1. The van der Waals surface area contributed by atoms with Crippen molar-refractivity contribution in [3.63, 3.8) is 0 Å². The van der Waals surface area contributed by atoms with Gasteiger partial charge in [-0.25, -0.2) is 0 Å². The fraction of sp³-hybridized carbons (Fsp3) is 0.571. The molecule has 0 unspecified atom stereocenters. The second kappa shape index (κ2) is 6.57. The fourth-order valence-electron chi connectivity index (χ4n) is 2.61. The Kier molecular flexibility index (Phi) is 5.33. The van der Waals surface area contributed by atoms with E-state index in [9.17, 15) is 5.11 Å². The SMILES string of the molecule is OCC1(CNc2ccc(I)cc2Br)CCCCC1. The lowest BCUT2D eigenvalue weighted by Crippen LogP contribution is -2.35. The van der Waals surface area contributed by atoms with Crippen LogP contribution in [0.25, 0.3) is 0 Å². The summed E-state index contributed by atoms with van der Waals surface area (Å²) in [6.07, 6.45) is 6.08. The molecule has 0 bridgehead atoms. The zero-order valence-corrected chi connectivity index (χ0v) is 14.1. The van der Waals surface area contributed by atoms with E-state index in [1.807, 2.05) is 0 Å². The zero-order chi connectivity index (χ0) is 13.0. The molecule has 0 heterocycles. The minimum Gasteiger partial charge on any atom is -0.396 e. The first-order valence-corrected chi connectivity index (χ1v) is 8.32. The predicted molar refractivity (Wildman–Crippen MR) is 88.0 cm³/mol. The van der Waals surface area contributed by atoms with Gasteiger partial charge in [0.25, 0.3) is 0 Å². The summed E-state index contributed by atoms with van der Waals surface area (Å²) < 4.78 is 2.32. The lowest BCUT2D eigenvalue weighted by molar-refractivity contribution is 0.0944. The van der Waals surface area contributed by atoms with Crippen LogP contribution in [0.3, 0.4) is 0 Å². The second-order valence-corrected chi connectivity index (χ2v) is 7.30. The maximum Gasteiger partial charge on any atom is 0.0504 e. The molecule has 0 saturated heterocycles. The first-order valence-electron chi connectivity index (χ1n) is 6.45. The number of rotatable bonds is 4. The van der Waals surface area contributed by atoms with E-state index < -0.39 is 0 Å². The van der Waals surface area contributed by atoms with Crippen molar-refractivity contribution in [3.05, 3.63) is 26.2 Å². The number of anilines is 1. The molecule has 0 atom stereocenters. The van der Waals surface area contributed by atoms with Crippen molar-refractivity contribution in [1.82, 2.24) is 0 Å². The molecule has 100 valence electrons. The first-order chi connectivity index (χ1) is 8.65. The van der Waals surface area contributed by atoms with Gasteiger partial charge < -0.3 is 10.4 Å². The van der Waals surface area contributed by atoms with Gasteiger partial charge in [-0.3, -0.25) is 0 Å². The highest BCUT2D eigenvalue weighted by Crippen LogP contribution is 2.36. The van der Waals surface area contributed by atoms with Crippen LogP contribution in [-0.4, -0.2) is 18.3 Å². The molecule has 1 aliphatic rings. The van der Waals surface area contributed by atoms with Crippen LogP contribution < -0.4 is 5.32 Å². The Labute approximate surface area is 131 Å². The average molecular weight is 424 g/mol. The molecule has 2 rings (SSSR count). The first kappa shape index (κ1) is 14.6. The Morgan fingerprint density at radius 2 is 2.00 bits per heavy atom. The molecule has 0 aromatic heterocycles. The van der Waals surface area contributed by atoms with E-state index in [0.29, 0.717) is 6.61 Å². The Morgan fingerprint density at radius 3 is 2.61 bits per heavy atom. The number of nitrogens with one attached hydrogen (secondary N) is 1. The van der Waals surface area contributed by atoms with Crippen molar-refractivity contribution in [1.29, 1.82) is 0 Å². The van der Waals surface area contributed by atoms with Crippen molar-refractivity contribution in [2.24, 2.45) is 5.41 Å². The molecule has 2 nitrogen and oxygen atoms in total. The summed E-state index contributed by atoms with van der Waals surface area (Å²) in [4.78, 5) is 0.